The van der Waals surface area contributed by atoms with Crippen LogP contribution in [-0.2, 0) is 20.4 Å². The monoisotopic (exact) mass is 520 g/mol. The van der Waals surface area contributed by atoms with Gasteiger partial charge in [-0.1, -0.05) is 0 Å². The number of hydrogen-bond acceptors (Lipinski definition) is 0. The molecular weight excluding hydrogens is 483 g/mol. The molecule has 30 heavy (non-hydrogen) atoms. The Balaban J connectivity index is 0. The molecule has 5 heteroatoms. The molecule has 0 fully saturated rings. The first-order valence-corrected chi connectivity index (χ1v) is 13.6. The molecule has 1 aromatic rings. The first kappa shape index (κ1) is 32.7. The third-order valence-corrected chi connectivity index (χ3v) is 17.3. The number of allylic oxidation sites excluding steroid dienone is 4. The van der Waals surface area contributed by atoms with Gasteiger partial charge in [0.15, 0.2) is 0 Å². The van der Waals surface area contributed by atoms with E-state index in [1.807, 2.05) is 0 Å². The zero-order valence-corrected chi connectivity index (χ0v) is 25.3. The smallest absolute Gasteiger partial charge is 1.00 e. The summed E-state index contributed by atoms with van der Waals surface area (Å²) in [6, 6.07) is 7.44. The van der Waals surface area contributed by atoms with Gasteiger partial charge in [0.2, 0.25) is 0 Å². The molecule has 0 heterocycles. The molecule has 0 aromatic heterocycles. The normalized spacial score (nSPS) is 22.5. The largest absolute Gasteiger partial charge is 1.00 e. The van der Waals surface area contributed by atoms with Crippen molar-refractivity contribution in [3.05, 3.63) is 49.9 Å². The topological polar surface area (TPSA) is 0 Å². The van der Waals surface area contributed by atoms with E-state index in [0.29, 0.717) is 0 Å². The minimum absolute atomic E-state index is 0. The maximum Gasteiger partial charge on any atom is -1.00 e. The SMILES string of the molecule is CCC(C)[Si](c1cc(C)cc(C)c1)(C(C)CC)C1(C)C(C)=C(C)C(C)=[C]1[Ti+3].[Cl-].[Cl-].[Cl-]. The van der Waals surface area contributed by atoms with Gasteiger partial charge in [0.1, 0.15) is 0 Å². The second-order valence-corrected chi connectivity index (χ2v) is 15.3. The molecule has 0 saturated carbocycles. The van der Waals surface area contributed by atoms with Gasteiger partial charge in [-0.2, -0.15) is 0 Å². The van der Waals surface area contributed by atoms with Crippen molar-refractivity contribution in [1.82, 2.24) is 0 Å². The van der Waals surface area contributed by atoms with Crippen molar-refractivity contribution >= 4 is 13.3 Å². The van der Waals surface area contributed by atoms with Gasteiger partial charge in [0.25, 0.3) is 0 Å². The van der Waals surface area contributed by atoms with Gasteiger partial charge < -0.3 is 37.2 Å². The van der Waals surface area contributed by atoms with E-state index >= 15 is 0 Å². The Morgan fingerprint density at radius 1 is 0.800 bits per heavy atom. The summed E-state index contributed by atoms with van der Waals surface area (Å²) in [4.78, 5) is 0. The average molecular weight is 522 g/mol. The Morgan fingerprint density at radius 2 is 1.20 bits per heavy atom. The average Bonchev–Trinajstić information content (AvgIpc) is 2.77. The molecule has 0 spiro atoms. The van der Waals surface area contributed by atoms with Crippen LogP contribution in [0.2, 0.25) is 16.1 Å². The Bertz CT molecular complexity index is 743. The van der Waals surface area contributed by atoms with Gasteiger partial charge in [-0.15, -0.1) is 0 Å². The van der Waals surface area contributed by atoms with E-state index in [-0.39, 0.29) is 42.3 Å². The minimum atomic E-state index is -1.96. The van der Waals surface area contributed by atoms with Crippen LogP contribution in [0.4, 0.5) is 0 Å². The van der Waals surface area contributed by atoms with Crippen molar-refractivity contribution in [2.24, 2.45) is 0 Å². The third-order valence-electron chi connectivity index (χ3n) is 8.06. The summed E-state index contributed by atoms with van der Waals surface area (Å²) in [5, 5.41) is 1.89. The Hall–Kier alpha value is 0.501. The second-order valence-electron chi connectivity index (χ2n) is 9.24. The van der Waals surface area contributed by atoms with Gasteiger partial charge >= 0.3 is 182 Å². The van der Waals surface area contributed by atoms with Gasteiger partial charge in [-0.3, -0.25) is 0 Å². The molecule has 1 aliphatic carbocycles. The third kappa shape index (κ3) is 4.73. The molecule has 1 aliphatic rings. The Morgan fingerprint density at radius 3 is 1.50 bits per heavy atom. The molecule has 0 saturated heterocycles. The quantitative estimate of drug-likeness (QED) is 0.400. The fourth-order valence-corrected chi connectivity index (χ4v) is 16.0. The zero-order chi connectivity index (χ0) is 20.7. The second kappa shape index (κ2) is 12.1. The summed E-state index contributed by atoms with van der Waals surface area (Å²) in [5.74, 6) is 0. The molecule has 0 aliphatic heterocycles. The van der Waals surface area contributed by atoms with Crippen LogP contribution < -0.4 is 42.4 Å². The van der Waals surface area contributed by atoms with Crippen molar-refractivity contribution in [3.8, 4) is 0 Å². The van der Waals surface area contributed by atoms with Crippen molar-refractivity contribution in [2.75, 3.05) is 0 Å². The molecule has 0 nitrogen and oxygen atoms in total. The standard InChI is InChI=1S/C25H39Si.3ClH.Ti/c1-11-20(6)26(21(7)12-2,24-14-17(3)13-18(4)15-24)25(10)16-19(5)22(8)23(25)9;;;;/h13-15,20-21H,11-12H2,1-10H3;3*1H;/q;;;;+3/p-3. The molecule has 168 valence electrons. The molecule has 1 aromatic carbocycles. The van der Waals surface area contributed by atoms with Crippen LogP contribution in [0.5, 0.6) is 0 Å². The molecule has 0 amide bonds. The van der Waals surface area contributed by atoms with Crippen molar-refractivity contribution in [3.63, 3.8) is 0 Å². The Kier molecular flexibility index (Phi) is 13.2. The molecule has 0 radical (unpaired) electrons. The summed E-state index contributed by atoms with van der Waals surface area (Å²) in [6.07, 6.45) is 2.52. The van der Waals surface area contributed by atoms with E-state index in [2.05, 4.69) is 108 Å². The molecular formula is C25H39Cl3SiTi. The summed E-state index contributed by atoms with van der Waals surface area (Å²) in [5.41, 5.74) is 9.05. The van der Waals surface area contributed by atoms with Crippen LogP contribution in [0.1, 0.15) is 79.4 Å². The molecule has 3 unspecified atom stereocenters. The van der Waals surface area contributed by atoms with Gasteiger partial charge in [-0.25, -0.2) is 0 Å². The first-order valence-electron chi connectivity index (χ1n) is 10.7. The maximum absolute atomic E-state index is 2.61. The van der Waals surface area contributed by atoms with Crippen molar-refractivity contribution in [1.29, 1.82) is 0 Å². The van der Waals surface area contributed by atoms with Crippen LogP contribution >= 0.6 is 0 Å². The summed E-state index contributed by atoms with van der Waals surface area (Å²) in [6.45, 7) is 24.3. The molecule has 0 N–H and O–H groups in total. The van der Waals surface area contributed by atoms with Crippen LogP contribution in [0.3, 0.4) is 0 Å². The number of benzene rings is 1. The predicted octanol–water partition coefficient (Wildman–Crippen LogP) is -1.50. The van der Waals surface area contributed by atoms with E-state index in [1.54, 1.807) is 25.8 Å². The summed E-state index contributed by atoms with van der Waals surface area (Å²) < 4.78 is 1.64. The maximum atomic E-state index is 2.61. The number of aryl methyl sites for hydroxylation is 2. The van der Waals surface area contributed by atoms with Crippen LogP contribution in [0, 0.1) is 13.8 Å². The van der Waals surface area contributed by atoms with Gasteiger partial charge in [0.05, 0.1) is 0 Å². The van der Waals surface area contributed by atoms with E-state index < -0.39 is 8.07 Å². The first-order chi connectivity index (χ1) is 12.5. The van der Waals surface area contributed by atoms with E-state index in [4.69, 9.17) is 0 Å². The van der Waals surface area contributed by atoms with Crippen molar-refractivity contribution in [2.45, 2.75) is 98.2 Å². The zero-order valence-electron chi connectivity index (χ0n) is 20.4. The molecule has 3 atom stereocenters. The van der Waals surface area contributed by atoms with Crippen LogP contribution in [0.15, 0.2) is 38.8 Å². The Labute approximate surface area is 217 Å². The van der Waals surface area contributed by atoms with E-state index in [1.165, 1.54) is 24.0 Å². The number of halogens is 3. The van der Waals surface area contributed by atoms with E-state index in [9.17, 15) is 0 Å². The van der Waals surface area contributed by atoms with Crippen LogP contribution in [0.25, 0.3) is 0 Å². The molecule has 0 bridgehead atoms. The number of rotatable bonds is 6. The van der Waals surface area contributed by atoms with Crippen molar-refractivity contribution < 1.29 is 57.7 Å². The fraction of sp³-hybridized carbons (Fsp3) is 0.600. The molecule has 2 rings (SSSR count). The number of hydrogen-bond donors (Lipinski definition) is 0. The van der Waals surface area contributed by atoms with Gasteiger partial charge in [0, 0.05) is 0 Å². The van der Waals surface area contributed by atoms with E-state index in [0.717, 1.165) is 11.1 Å². The van der Waals surface area contributed by atoms with Crippen LogP contribution in [-0.4, -0.2) is 8.07 Å². The summed E-state index contributed by atoms with van der Waals surface area (Å²) >= 11 is 2.44. The fourth-order valence-electron chi connectivity index (χ4n) is 6.11. The summed E-state index contributed by atoms with van der Waals surface area (Å²) in [7, 11) is -1.96. The minimum Gasteiger partial charge on any atom is -1.00 e. The predicted molar refractivity (Wildman–Crippen MR) is 120 cm³/mol. The van der Waals surface area contributed by atoms with Gasteiger partial charge in [-0.05, 0) is 0 Å².